The number of ether oxygens (including phenoxy) is 3. The van der Waals surface area contributed by atoms with Crippen LogP contribution in [-0.2, 0) is 19.0 Å². The van der Waals surface area contributed by atoms with Gasteiger partial charge in [0.1, 0.15) is 18.1 Å². The standard InChI is InChI=1S/C19H18BrNO5S/c1-3-24-18(23)19(11-26-17(22)15-12(2)8-9-27-15)10-25-16(21-19)13-4-6-14(20)7-5-13/h4-9H,3,10-11H2,1-2H3/t19-/m1/s1. The number of hydrogen-bond acceptors (Lipinski definition) is 7. The summed E-state index contributed by atoms with van der Waals surface area (Å²) in [6, 6.07) is 9.19. The van der Waals surface area contributed by atoms with E-state index in [1.165, 1.54) is 11.3 Å². The fourth-order valence-corrected chi connectivity index (χ4v) is 3.60. The number of esters is 2. The third kappa shape index (κ3) is 4.22. The molecule has 1 aliphatic heterocycles. The molecule has 0 aliphatic carbocycles. The number of thiophene rings is 1. The van der Waals surface area contributed by atoms with Crippen LogP contribution in [-0.4, -0.2) is 43.2 Å². The van der Waals surface area contributed by atoms with Crippen molar-refractivity contribution in [2.45, 2.75) is 19.4 Å². The molecule has 27 heavy (non-hydrogen) atoms. The maximum absolute atomic E-state index is 12.6. The molecule has 3 rings (SSSR count). The van der Waals surface area contributed by atoms with Gasteiger partial charge in [-0.25, -0.2) is 14.6 Å². The Morgan fingerprint density at radius 2 is 2.00 bits per heavy atom. The first-order chi connectivity index (χ1) is 12.9. The lowest BCUT2D eigenvalue weighted by Gasteiger charge is -2.21. The van der Waals surface area contributed by atoms with Gasteiger partial charge >= 0.3 is 11.9 Å². The lowest BCUT2D eigenvalue weighted by Crippen LogP contribution is -2.45. The van der Waals surface area contributed by atoms with Crippen molar-refractivity contribution < 1.29 is 23.8 Å². The SMILES string of the molecule is CCOC(=O)[C@]1(COC(=O)c2sccc2C)COC(c2ccc(Br)cc2)=N1. The van der Waals surface area contributed by atoms with Gasteiger partial charge in [0.25, 0.3) is 0 Å². The van der Waals surface area contributed by atoms with E-state index in [4.69, 9.17) is 14.2 Å². The van der Waals surface area contributed by atoms with E-state index >= 15 is 0 Å². The molecule has 1 aliphatic rings. The molecule has 0 spiro atoms. The van der Waals surface area contributed by atoms with Crippen molar-refractivity contribution in [2.24, 2.45) is 4.99 Å². The molecule has 0 unspecified atom stereocenters. The maximum Gasteiger partial charge on any atom is 0.348 e. The van der Waals surface area contributed by atoms with Crippen LogP contribution >= 0.6 is 27.3 Å². The summed E-state index contributed by atoms with van der Waals surface area (Å²) in [5.74, 6) is -0.745. The Kier molecular flexibility index (Phi) is 5.96. The van der Waals surface area contributed by atoms with Crippen LogP contribution in [0.3, 0.4) is 0 Å². The van der Waals surface area contributed by atoms with Crippen molar-refractivity contribution in [2.75, 3.05) is 19.8 Å². The lowest BCUT2D eigenvalue weighted by atomic mass is 10.0. The van der Waals surface area contributed by atoms with E-state index in [1.54, 1.807) is 6.92 Å². The molecule has 0 radical (unpaired) electrons. The van der Waals surface area contributed by atoms with Gasteiger partial charge in [-0.05, 0) is 55.1 Å². The molecular weight excluding hydrogens is 434 g/mol. The van der Waals surface area contributed by atoms with Crippen molar-refractivity contribution in [3.05, 3.63) is 56.2 Å². The number of nitrogens with zero attached hydrogens (tertiary/aromatic N) is 1. The highest BCUT2D eigenvalue weighted by Gasteiger charge is 2.47. The minimum Gasteiger partial charge on any atom is -0.474 e. The zero-order valence-electron chi connectivity index (χ0n) is 14.9. The summed E-state index contributed by atoms with van der Waals surface area (Å²) in [7, 11) is 0. The first kappa shape index (κ1) is 19.6. The summed E-state index contributed by atoms with van der Waals surface area (Å²) >= 11 is 4.67. The van der Waals surface area contributed by atoms with Gasteiger partial charge in [-0.2, -0.15) is 0 Å². The Morgan fingerprint density at radius 3 is 2.63 bits per heavy atom. The summed E-state index contributed by atoms with van der Waals surface area (Å²) in [6.07, 6.45) is 0. The lowest BCUT2D eigenvalue weighted by molar-refractivity contribution is -0.151. The van der Waals surface area contributed by atoms with Gasteiger partial charge in [-0.1, -0.05) is 15.9 Å². The Hall–Kier alpha value is -2.19. The normalized spacial score (nSPS) is 18.6. The first-order valence-electron chi connectivity index (χ1n) is 8.32. The average Bonchev–Trinajstić information content (AvgIpc) is 3.28. The fourth-order valence-electron chi connectivity index (χ4n) is 2.52. The second-order valence-electron chi connectivity index (χ2n) is 5.97. The van der Waals surface area contributed by atoms with E-state index in [0.29, 0.717) is 10.8 Å². The van der Waals surface area contributed by atoms with Crippen molar-refractivity contribution >= 4 is 45.1 Å². The third-order valence-corrected chi connectivity index (χ3v) is 5.52. The van der Waals surface area contributed by atoms with Crippen LogP contribution in [0.25, 0.3) is 0 Å². The minimum absolute atomic E-state index is 0.0477. The molecule has 1 aromatic heterocycles. The second kappa shape index (κ2) is 8.22. The predicted molar refractivity (Wildman–Crippen MR) is 105 cm³/mol. The summed E-state index contributed by atoms with van der Waals surface area (Å²) in [5.41, 5.74) is 0.154. The predicted octanol–water partition coefficient (Wildman–Crippen LogP) is 3.75. The number of aryl methyl sites for hydroxylation is 1. The number of halogens is 1. The van der Waals surface area contributed by atoms with Crippen LogP contribution in [0.5, 0.6) is 0 Å². The van der Waals surface area contributed by atoms with E-state index in [2.05, 4.69) is 20.9 Å². The van der Waals surface area contributed by atoms with Crippen LogP contribution in [0, 0.1) is 6.92 Å². The first-order valence-corrected chi connectivity index (χ1v) is 9.99. The maximum atomic E-state index is 12.6. The molecule has 1 atom stereocenters. The molecular formula is C19H18BrNO5S. The van der Waals surface area contributed by atoms with Crippen molar-refractivity contribution in [3.8, 4) is 0 Å². The summed E-state index contributed by atoms with van der Waals surface area (Å²) in [4.78, 5) is 29.8. The zero-order valence-corrected chi connectivity index (χ0v) is 17.3. The number of aliphatic imine (C=N–C) groups is 1. The van der Waals surface area contributed by atoms with Gasteiger partial charge in [0.15, 0.2) is 0 Å². The van der Waals surface area contributed by atoms with Gasteiger partial charge in [0.05, 0.1) is 6.61 Å². The van der Waals surface area contributed by atoms with Crippen molar-refractivity contribution in [3.63, 3.8) is 0 Å². The Labute approximate surface area is 169 Å². The van der Waals surface area contributed by atoms with Crippen LogP contribution in [0.2, 0.25) is 0 Å². The highest BCUT2D eigenvalue weighted by Crippen LogP contribution is 2.26. The van der Waals surface area contributed by atoms with Crippen LogP contribution < -0.4 is 0 Å². The van der Waals surface area contributed by atoms with Crippen molar-refractivity contribution in [1.29, 1.82) is 0 Å². The molecule has 0 amide bonds. The van der Waals surface area contributed by atoms with Gasteiger partial charge < -0.3 is 14.2 Å². The molecule has 0 N–H and O–H groups in total. The molecule has 0 bridgehead atoms. The molecule has 2 aromatic rings. The van der Waals surface area contributed by atoms with Crippen LogP contribution in [0.15, 0.2) is 45.2 Å². The topological polar surface area (TPSA) is 74.2 Å². The molecule has 142 valence electrons. The number of carbonyl (C=O) groups excluding carboxylic acids is 2. The summed E-state index contributed by atoms with van der Waals surface area (Å²) in [5, 5.41) is 1.81. The van der Waals surface area contributed by atoms with Crippen LogP contribution in [0.1, 0.15) is 27.7 Å². The smallest absolute Gasteiger partial charge is 0.348 e. The van der Waals surface area contributed by atoms with Gasteiger partial charge in [-0.15, -0.1) is 11.3 Å². The quantitative estimate of drug-likeness (QED) is 0.625. The van der Waals surface area contributed by atoms with Gasteiger partial charge in [0, 0.05) is 10.0 Å². The van der Waals surface area contributed by atoms with E-state index in [1.807, 2.05) is 42.6 Å². The van der Waals surface area contributed by atoms with E-state index in [0.717, 1.165) is 15.6 Å². The molecule has 6 nitrogen and oxygen atoms in total. The minimum atomic E-state index is -1.40. The van der Waals surface area contributed by atoms with E-state index in [9.17, 15) is 9.59 Å². The summed E-state index contributed by atoms with van der Waals surface area (Å²) in [6.45, 7) is 3.44. The number of benzene rings is 1. The Balaban J connectivity index is 1.83. The van der Waals surface area contributed by atoms with Crippen molar-refractivity contribution in [1.82, 2.24) is 0 Å². The number of rotatable bonds is 6. The number of carbonyl (C=O) groups is 2. The highest BCUT2D eigenvalue weighted by atomic mass is 79.9. The zero-order chi connectivity index (χ0) is 19.4. The molecule has 8 heteroatoms. The fraction of sp³-hybridized carbons (Fsp3) is 0.316. The molecule has 2 heterocycles. The molecule has 0 saturated heterocycles. The monoisotopic (exact) mass is 451 g/mol. The Morgan fingerprint density at radius 1 is 1.26 bits per heavy atom. The van der Waals surface area contributed by atoms with Gasteiger partial charge in [0.2, 0.25) is 11.4 Å². The van der Waals surface area contributed by atoms with E-state index in [-0.39, 0.29) is 19.8 Å². The Bertz CT molecular complexity index is 876. The van der Waals surface area contributed by atoms with Gasteiger partial charge in [-0.3, -0.25) is 0 Å². The molecule has 1 aromatic carbocycles. The van der Waals surface area contributed by atoms with Crippen LogP contribution in [0.4, 0.5) is 0 Å². The molecule has 0 fully saturated rings. The largest absolute Gasteiger partial charge is 0.474 e. The number of hydrogen-bond donors (Lipinski definition) is 0. The second-order valence-corrected chi connectivity index (χ2v) is 7.81. The summed E-state index contributed by atoms with van der Waals surface area (Å²) < 4.78 is 17.1. The average molecular weight is 452 g/mol. The third-order valence-electron chi connectivity index (χ3n) is 4.00. The molecule has 0 saturated carbocycles. The van der Waals surface area contributed by atoms with E-state index < -0.39 is 17.5 Å². The highest BCUT2D eigenvalue weighted by molar-refractivity contribution is 9.10.